The number of hydrogen-bond donors (Lipinski definition) is 0. The Hall–Kier alpha value is -9.26. The standard InChI is InChI=1S/C72H60N6/c1-3-49-31-32-50(4-2)70-69(49)73-71(51-33-37-55(38-34-51)75(53-19-7-5-8-20-53)57-41-45-59(46-42-57)77-65-27-15-11-23-61(65)62-24-12-16-28-66(62)77)72(74-70)52-35-39-56(40-36-52)76(54-21-9-6-10-22-54)58-43-47-60(48-44-58)78-67-29-17-13-25-63(67)64-26-14-18-30-68(64)78/h5-13,15-17,19-25,27-29,31-48,64,68H,3-4,14,18,26,30H2,1-2H3/t64-,68?/m1/s1. The second-order valence-corrected chi connectivity index (χ2v) is 20.9. The topological polar surface area (TPSA) is 40.4 Å². The van der Waals surface area contributed by atoms with E-state index in [9.17, 15) is 0 Å². The van der Waals surface area contributed by atoms with Crippen LogP contribution in [-0.2, 0) is 12.8 Å². The van der Waals surface area contributed by atoms with Crippen molar-refractivity contribution in [1.82, 2.24) is 14.5 Å². The van der Waals surface area contributed by atoms with Gasteiger partial charge in [-0.25, -0.2) is 9.97 Å². The van der Waals surface area contributed by atoms with Crippen molar-refractivity contribution in [3.8, 4) is 28.2 Å². The lowest BCUT2D eigenvalue weighted by Gasteiger charge is -2.34. The molecule has 378 valence electrons. The smallest absolute Gasteiger partial charge is 0.0973 e. The minimum Gasteiger partial charge on any atom is -0.338 e. The van der Waals surface area contributed by atoms with Gasteiger partial charge in [0.05, 0.1) is 33.5 Å². The van der Waals surface area contributed by atoms with Crippen LogP contribution in [0, 0.1) is 0 Å². The largest absolute Gasteiger partial charge is 0.338 e. The van der Waals surface area contributed by atoms with Gasteiger partial charge in [-0.05, 0) is 158 Å². The van der Waals surface area contributed by atoms with Gasteiger partial charge in [-0.1, -0.05) is 154 Å². The fourth-order valence-electron chi connectivity index (χ4n) is 12.8. The molecule has 1 aliphatic heterocycles. The Morgan fingerprint density at radius 3 is 1.31 bits per heavy atom. The fraction of sp³-hybridized carbons (Fsp3) is 0.139. The van der Waals surface area contributed by atoms with Gasteiger partial charge < -0.3 is 19.3 Å². The SMILES string of the molecule is CCc1ccc(CC)c2nc(-c3ccc(N(c4ccccc4)c4ccc(-n5c6ccccc6c6ccccc65)cc4)cc3)c(-c3ccc(N(c4ccccc4)c4ccc(N5c6ccccc6[C@H]6CCCCC65)cc4)cc3)nc12. The zero-order chi connectivity index (χ0) is 52.1. The van der Waals surface area contributed by atoms with Crippen molar-refractivity contribution in [2.24, 2.45) is 0 Å². The first-order valence-corrected chi connectivity index (χ1v) is 27.9. The monoisotopic (exact) mass is 1010 g/mol. The molecule has 1 fully saturated rings. The van der Waals surface area contributed by atoms with Gasteiger partial charge in [0.1, 0.15) is 0 Å². The number of rotatable bonds is 12. The number of aryl methyl sites for hydroxylation is 2. The zero-order valence-electron chi connectivity index (χ0n) is 44.2. The number of nitrogens with zero attached hydrogens (tertiary/aromatic N) is 6. The van der Waals surface area contributed by atoms with Crippen LogP contribution in [-0.4, -0.2) is 20.6 Å². The van der Waals surface area contributed by atoms with E-state index < -0.39 is 0 Å². The second-order valence-electron chi connectivity index (χ2n) is 20.9. The summed E-state index contributed by atoms with van der Waals surface area (Å²) in [5, 5.41) is 2.51. The normalized spacial score (nSPS) is 14.9. The number of para-hydroxylation sites is 5. The van der Waals surface area contributed by atoms with E-state index in [4.69, 9.17) is 9.97 Å². The van der Waals surface area contributed by atoms with Crippen molar-refractivity contribution in [2.75, 3.05) is 14.7 Å². The Morgan fingerprint density at radius 1 is 0.397 bits per heavy atom. The molecule has 6 heteroatoms. The lowest BCUT2D eigenvalue weighted by atomic mass is 9.82. The number of hydrogen-bond acceptors (Lipinski definition) is 5. The molecule has 78 heavy (non-hydrogen) atoms. The number of anilines is 8. The molecule has 0 radical (unpaired) electrons. The third kappa shape index (κ3) is 8.18. The van der Waals surface area contributed by atoms with Crippen molar-refractivity contribution >= 4 is 78.3 Å². The van der Waals surface area contributed by atoms with E-state index in [2.05, 4.69) is 276 Å². The predicted octanol–water partition coefficient (Wildman–Crippen LogP) is 19.3. The van der Waals surface area contributed by atoms with E-state index in [1.54, 1.807) is 0 Å². The summed E-state index contributed by atoms with van der Waals surface area (Å²) in [5.74, 6) is 0.599. The molecule has 0 bridgehead atoms. The van der Waals surface area contributed by atoms with Crippen LogP contribution in [0.25, 0.3) is 61.0 Å². The summed E-state index contributed by atoms with van der Waals surface area (Å²) < 4.78 is 2.37. The van der Waals surface area contributed by atoms with E-state index in [0.29, 0.717) is 12.0 Å². The summed E-state index contributed by atoms with van der Waals surface area (Å²) in [6.45, 7) is 4.42. The molecule has 1 aliphatic carbocycles. The molecule has 12 aromatic rings. The molecule has 10 aromatic carbocycles. The molecule has 0 N–H and O–H groups in total. The van der Waals surface area contributed by atoms with Gasteiger partial charge in [0.2, 0.25) is 0 Å². The zero-order valence-corrected chi connectivity index (χ0v) is 44.2. The molecular weight excluding hydrogens is 949 g/mol. The molecule has 14 rings (SSSR count). The molecule has 6 nitrogen and oxygen atoms in total. The Kier molecular flexibility index (Phi) is 12.1. The van der Waals surface area contributed by atoms with E-state index in [-0.39, 0.29) is 0 Å². The van der Waals surface area contributed by atoms with E-state index in [1.165, 1.54) is 75.6 Å². The first kappa shape index (κ1) is 47.2. The van der Waals surface area contributed by atoms with Crippen LogP contribution >= 0.6 is 0 Å². The fourth-order valence-corrected chi connectivity index (χ4v) is 12.8. The Morgan fingerprint density at radius 2 is 0.808 bits per heavy atom. The summed E-state index contributed by atoms with van der Waals surface area (Å²) >= 11 is 0. The van der Waals surface area contributed by atoms with Gasteiger partial charge >= 0.3 is 0 Å². The van der Waals surface area contributed by atoms with E-state index in [0.717, 1.165) is 86.2 Å². The minimum absolute atomic E-state index is 0.509. The molecule has 1 saturated carbocycles. The predicted molar refractivity (Wildman–Crippen MR) is 326 cm³/mol. The third-order valence-electron chi connectivity index (χ3n) is 16.6. The molecule has 0 saturated heterocycles. The molecule has 2 aromatic heterocycles. The number of fused-ring (bicyclic) bond motifs is 7. The average Bonchev–Trinajstić information content (AvgIpc) is 4.18. The van der Waals surface area contributed by atoms with Gasteiger partial charge in [-0.2, -0.15) is 0 Å². The van der Waals surface area contributed by atoms with Gasteiger partial charge in [-0.15, -0.1) is 0 Å². The summed E-state index contributed by atoms with van der Waals surface area (Å²) in [4.78, 5) is 18.5. The summed E-state index contributed by atoms with van der Waals surface area (Å²) in [5.41, 5.74) is 22.2. The van der Waals surface area contributed by atoms with Crippen molar-refractivity contribution in [3.05, 3.63) is 259 Å². The van der Waals surface area contributed by atoms with Crippen molar-refractivity contribution in [1.29, 1.82) is 0 Å². The Balaban J connectivity index is 0.829. The highest BCUT2D eigenvalue weighted by atomic mass is 15.2. The van der Waals surface area contributed by atoms with Crippen molar-refractivity contribution in [3.63, 3.8) is 0 Å². The van der Waals surface area contributed by atoms with Crippen molar-refractivity contribution in [2.45, 2.75) is 64.3 Å². The summed E-state index contributed by atoms with van der Waals surface area (Å²) in [6.07, 6.45) is 6.83. The Bertz CT molecular complexity index is 4060. The molecule has 0 amide bonds. The van der Waals surface area contributed by atoms with E-state index >= 15 is 0 Å². The average molecular weight is 1010 g/mol. The highest BCUT2D eigenvalue weighted by Gasteiger charge is 2.40. The summed E-state index contributed by atoms with van der Waals surface area (Å²) in [7, 11) is 0. The molecule has 0 spiro atoms. The lowest BCUT2D eigenvalue weighted by Crippen LogP contribution is -2.32. The second kappa shape index (κ2) is 20.0. The molecule has 1 unspecified atom stereocenters. The maximum absolute atomic E-state index is 5.61. The van der Waals surface area contributed by atoms with Gasteiger partial charge in [-0.3, -0.25) is 0 Å². The highest BCUT2D eigenvalue weighted by molar-refractivity contribution is 6.09. The van der Waals surface area contributed by atoms with Crippen LogP contribution in [0.1, 0.15) is 62.1 Å². The number of aromatic nitrogens is 3. The lowest BCUT2D eigenvalue weighted by molar-refractivity contribution is 0.402. The van der Waals surface area contributed by atoms with Crippen LogP contribution in [0.15, 0.2) is 243 Å². The summed E-state index contributed by atoms with van der Waals surface area (Å²) in [6, 6.07) is 88.8. The first-order valence-electron chi connectivity index (χ1n) is 27.9. The molecule has 3 heterocycles. The molecular formula is C72H60N6. The van der Waals surface area contributed by atoms with Gasteiger partial charge in [0.25, 0.3) is 0 Å². The Labute approximate surface area is 457 Å². The maximum atomic E-state index is 5.61. The van der Waals surface area contributed by atoms with E-state index in [1.807, 2.05) is 0 Å². The van der Waals surface area contributed by atoms with Crippen LogP contribution in [0.5, 0.6) is 0 Å². The van der Waals surface area contributed by atoms with Gasteiger partial charge in [0, 0.05) is 85.0 Å². The first-order chi connectivity index (χ1) is 38.6. The van der Waals surface area contributed by atoms with Gasteiger partial charge in [0.15, 0.2) is 0 Å². The van der Waals surface area contributed by atoms with Crippen LogP contribution in [0.3, 0.4) is 0 Å². The van der Waals surface area contributed by atoms with Crippen LogP contribution in [0.2, 0.25) is 0 Å². The third-order valence-corrected chi connectivity index (χ3v) is 16.6. The molecule has 2 aliphatic rings. The minimum atomic E-state index is 0.509. The van der Waals surface area contributed by atoms with Crippen molar-refractivity contribution < 1.29 is 0 Å². The molecule has 2 atom stereocenters. The highest BCUT2D eigenvalue weighted by Crippen LogP contribution is 2.51. The van der Waals surface area contributed by atoms with Crippen LogP contribution < -0.4 is 14.7 Å². The maximum Gasteiger partial charge on any atom is 0.0973 e. The number of benzene rings is 10. The quantitative estimate of drug-likeness (QED) is 0.122. The van der Waals surface area contributed by atoms with Crippen LogP contribution in [0.4, 0.5) is 45.5 Å².